The molecule has 0 aromatic heterocycles. The summed E-state index contributed by atoms with van der Waals surface area (Å²) in [5.74, 6) is 0.769. The summed E-state index contributed by atoms with van der Waals surface area (Å²) in [5, 5.41) is 0. The Hall–Kier alpha value is -0.860. The van der Waals surface area contributed by atoms with Crippen molar-refractivity contribution in [1.82, 2.24) is 0 Å². The van der Waals surface area contributed by atoms with Crippen molar-refractivity contribution in [3.63, 3.8) is 0 Å². The molecule has 0 bridgehead atoms. The average molecular weight is 259 g/mol. The van der Waals surface area contributed by atoms with Crippen LogP contribution < -0.4 is 5.73 Å². The normalized spacial score (nSPS) is 25.2. The molecule has 2 fully saturated rings. The van der Waals surface area contributed by atoms with Crippen molar-refractivity contribution < 1.29 is 4.74 Å². The van der Waals surface area contributed by atoms with E-state index in [1.807, 2.05) is 0 Å². The Bertz CT molecular complexity index is 407. The van der Waals surface area contributed by atoms with Crippen LogP contribution in [0.5, 0.6) is 0 Å². The van der Waals surface area contributed by atoms with E-state index in [4.69, 9.17) is 10.5 Å². The fourth-order valence-electron chi connectivity index (χ4n) is 3.33. The SMILES string of the molecule is NC(CCC1CCCO1)c1ccccc1C1CCC1. The summed E-state index contributed by atoms with van der Waals surface area (Å²) in [6, 6.07) is 8.98. The van der Waals surface area contributed by atoms with Gasteiger partial charge in [0, 0.05) is 12.6 Å². The van der Waals surface area contributed by atoms with Crippen LogP contribution in [0.2, 0.25) is 0 Å². The summed E-state index contributed by atoms with van der Waals surface area (Å²) in [6.07, 6.45) is 9.13. The molecule has 1 aromatic rings. The molecule has 0 amide bonds. The van der Waals surface area contributed by atoms with Crippen molar-refractivity contribution in [2.75, 3.05) is 6.61 Å². The van der Waals surface area contributed by atoms with E-state index >= 15 is 0 Å². The van der Waals surface area contributed by atoms with Gasteiger partial charge in [0.25, 0.3) is 0 Å². The molecule has 19 heavy (non-hydrogen) atoms. The minimum atomic E-state index is 0.181. The summed E-state index contributed by atoms with van der Waals surface area (Å²) in [5.41, 5.74) is 9.32. The minimum absolute atomic E-state index is 0.181. The van der Waals surface area contributed by atoms with Crippen molar-refractivity contribution in [3.8, 4) is 0 Å². The molecule has 0 radical (unpaired) electrons. The summed E-state index contributed by atoms with van der Waals surface area (Å²) < 4.78 is 5.69. The smallest absolute Gasteiger partial charge is 0.0576 e. The van der Waals surface area contributed by atoms with Crippen LogP contribution in [0.3, 0.4) is 0 Å². The van der Waals surface area contributed by atoms with Gasteiger partial charge < -0.3 is 10.5 Å². The van der Waals surface area contributed by atoms with Gasteiger partial charge in [-0.25, -0.2) is 0 Å². The number of hydrogen-bond donors (Lipinski definition) is 1. The highest BCUT2D eigenvalue weighted by Crippen LogP contribution is 2.39. The lowest BCUT2D eigenvalue weighted by atomic mass is 9.77. The van der Waals surface area contributed by atoms with Crippen LogP contribution in [-0.4, -0.2) is 12.7 Å². The summed E-state index contributed by atoms with van der Waals surface area (Å²) in [4.78, 5) is 0. The third-order valence-corrected chi connectivity index (χ3v) is 4.76. The van der Waals surface area contributed by atoms with E-state index in [1.54, 1.807) is 0 Å². The van der Waals surface area contributed by atoms with Gasteiger partial charge >= 0.3 is 0 Å². The first-order chi connectivity index (χ1) is 9.34. The molecule has 2 atom stereocenters. The van der Waals surface area contributed by atoms with Crippen LogP contribution in [0.1, 0.15) is 68.0 Å². The topological polar surface area (TPSA) is 35.2 Å². The van der Waals surface area contributed by atoms with E-state index < -0.39 is 0 Å². The van der Waals surface area contributed by atoms with Crippen LogP contribution in [-0.2, 0) is 4.74 Å². The molecule has 1 saturated heterocycles. The minimum Gasteiger partial charge on any atom is -0.378 e. The molecule has 2 heteroatoms. The largest absolute Gasteiger partial charge is 0.378 e. The fourth-order valence-corrected chi connectivity index (χ4v) is 3.33. The Morgan fingerprint density at radius 2 is 2.00 bits per heavy atom. The molecule has 104 valence electrons. The van der Waals surface area contributed by atoms with E-state index in [0.717, 1.165) is 25.4 Å². The number of rotatable bonds is 5. The van der Waals surface area contributed by atoms with Crippen LogP contribution >= 0.6 is 0 Å². The quantitative estimate of drug-likeness (QED) is 0.870. The Morgan fingerprint density at radius 3 is 2.68 bits per heavy atom. The molecule has 0 spiro atoms. The van der Waals surface area contributed by atoms with E-state index in [-0.39, 0.29) is 6.04 Å². The van der Waals surface area contributed by atoms with Crippen molar-refractivity contribution in [2.45, 2.75) is 63.0 Å². The molecule has 2 nitrogen and oxygen atoms in total. The molecule has 2 aliphatic rings. The maximum Gasteiger partial charge on any atom is 0.0576 e. The first kappa shape index (κ1) is 13.1. The lowest BCUT2D eigenvalue weighted by molar-refractivity contribution is 0.101. The summed E-state index contributed by atoms with van der Waals surface area (Å²) in [6.45, 7) is 0.943. The molecular weight excluding hydrogens is 234 g/mol. The number of nitrogens with two attached hydrogens (primary N) is 1. The summed E-state index contributed by atoms with van der Waals surface area (Å²) >= 11 is 0. The van der Waals surface area contributed by atoms with Crippen LogP contribution in [0, 0.1) is 0 Å². The molecule has 1 aliphatic heterocycles. The number of ether oxygens (including phenoxy) is 1. The monoisotopic (exact) mass is 259 g/mol. The van der Waals surface area contributed by atoms with Crippen molar-refractivity contribution >= 4 is 0 Å². The molecule has 2 N–H and O–H groups in total. The van der Waals surface area contributed by atoms with Crippen molar-refractivity contribution in [2.24, 2.45) is 5.73 Å². The van der Waals surface area contributed by atoms with Gasteiger partial charge in [-0.2, -0.15) is 0 Å². The zero-order valence-electron chi connectivity index (χ0n) is 11.7. The standard InChI is InChI=1S/C17H25NO/c18-17(11-10-14-7-4-12-19-14)16-9-2-1-8-15(16)13-5-3-6-13/h1-2,8-9,13-14,17H,3-7,10-12,18H2. The Labute approximate surface area is 116 Å². The van der Waals surface area contributed by atoms with Crippen molar-refractivity contribution in [3.05, 3.63) is 35.4 Å². The van der Waals surface area contributed by atoms with Gasteiger partial charge in [0.15, 0.2) is 0 Å². The maximum absolute atomic E-state index is 6.43. The Kier molecular flexibility index (Phi) is 4.19. The predicted molar refractivity (Wildman–Crippen MR) is 78.2 cm³/mol. The predicted octanol–water partition coefficient (Wildman–Crippen LogP) is 3.91. The average Bonchev–Trinajstić information content (AvgIpc) is 2.88. The Morgan fingerprint density at radius 1 is 1.16 bits per heavy atom. The molecule has 3 rings (SSSR count). The molecular formula is C17H25NO. The first-order valence-electron chi connectivity index (χ1n) is 7.80. The highest BCUT2D eigenvalue weighted by atomic mass is 16.5. The molecule has 1 aromatic carbocycles. The first-order valence-corrected chi connectivity index (χ1v) is 7.80. The number of benzene rings is 1. The highest BCUT2D eigenvalue weighted by Gasteiger charge is 2.24. The van der Waals surface area contributed by atoms with E-state index in [2.05, 4.69) is 24.3 Å². The lowest BCUT2D eigenvalue weighted by Gasteiger charge is -2.29. The van der Waals surface area contributed by atoms with Gasteiger partial charge in [0.1, 0.15) is 0 Å². The number of hydrogen-bond acceptors (Lipinski definition) is 2. The lowest BCUT2D eigenvalue weighted by Crippen LogP contribution is -2.19. The Balaban J connectivity index is 1.63. The molecule has 2 unspecified atom stereocenters. The zero-order chi connectivity index (χ0) is 13.1. The fraction of sp³-hybridized carbons (Fsp3) is 0.647. The van der Waals surface area contributed by atoms with Gasteiger partial charge in [0.05, 0.1) is 6.10 Å². The maximum atomic E-state index is 6.43. The summed E-state index contributed by atoms with van der Waals surface area (Å²) in [7, 11) is 0. The molecule has 1 aliphatic carbocycles. The van der Waals surface area contributed by atoms with Crippen LogP contribution in [0.15, 0.2) is 24.3 Å². The van der Waals surface area contributed by atoms with Gasteiger partial charge in [-0.15, -0.1) is 0 Å². The molecule has 1 heterocycles. The van der Waals surface area contributed by atoms with Gasteiger partial charge in [0.2, 0.25) is 0 Å². The molecule has 1 saturated carbocycles. The highest BCUT2D eigenvalue weighted by molar-refractivity contribution is 5.34. The zero-order valence-corrected chi connectivity index (χ0v) is 11.7. The van der Waals surface area contributed by atoms with Crippen molar-refractivity contribution in [1.29, 1.82) is 0 Å². The van der Waals surface area contributed by atoms with Crippen LogP contribution in [0.4, 0.5) is 0 Å². The van der Waals surface area contributed by atoms with Gasteiger partial charge in [-0.3, -0.25) is 0 Å². The van der Waals surface area contributed by atoms with Gasteiger partial charge in [-0.05, 0) is 55.6 Å². The second kappa shape index (κ2) is 6.06. The van der Waals surface area contributed by atoms with Crippen LogP contribution in [0.25, 0.3) is 0 Å². The van der Waals surface area contributed by atoms with E-state index in [0.29, 0.717) is 6.10 Å². The van der Waals surface area contributed by atoms with Gasteiger partial charge in [-0.1, -0.05) is 30.7 Å². The van der Waals surface area contributed by atoms with E-state index in [1.165, 1.54) is 43.2 Å². The van der Waals surface area contributed by atoms with E-state index in [9.17, 15) is 0 Å². The second-order valence-electron chi connectivity index (χ2n) is 6.08. The second-order valence-corrected chi connectivity index (χ2v) is 6.08. The third-order valence-electron chi connectivity index (χ3n) is 4.76. The third kappa shape index (κ3) is 3.01.